The van der Waals surface area contributed by atoms with Crippen LogP contribution in [0.3, 0.4) is 0 Å². The van der Waals surface area contributed by atoms with Crippen molar-refractivity contribution in [3.8, 4) is 0 Å². The summed E-state index contributed by atoms with van der Waals surface area (Å²) < 4.78 is 31.4. The summed E-state index contributed by atoms with van der Waals surface area (Å²) in [7, 11) is -5.72. The Bertz CT molecular complexity index is 1620. The van der Waals surface area contributed by atoms with Gasteiger partial charge < -0.3 is 0 Å². The first kappa shape index (κ1) is 29.0. The van der Waals surface area contributed by atoms with Gasteiger partial charge in [-0.3, -0.25) is 0 Å². The maximum absolute atomic E-state index is 14.7. The smallest absolute Gasteiger partial charge is 0.207 e. The Balaban J connectivity index is 1.60. The number of hydrogen-bond donors (Lipinski definition) is 0. The van der Waals surface area contributed by atoms with Crippen molar-refractivity contribution in [3.05, 3.63) is 151 Å². The molecule has 1 unspecified atom stereocenters. The minimum atomic E-state index is -3.77. The lowest BCUT2D eigenvalue weighted by molar-refractivity contribution is 0.375. The first-order valence-corrected chi connectivity index (χ1v) is 18.7. The van der Waals surface area contributed by atoms with Gasteiger partial charge in [-0.25, -0.2) is 8.42 Å². The molecule has 0 aliphatic carbocycles. The fourth-order valence-electron chi connectivity index (χ4n) is 6.06. The van der Waals surface area contributed by atoms with Crippen molar-refractivity contribution in [3.63, 3.8) is 0 Å². The van der Waals surface area contributed by atoms with Gasteiger partial charge in [-0.05, 0) is 75.1 Å². The molecule has 0 saturated carbocycles. The molecule has 0 aromatic heterocycles. The van der Waals surface area contributed by atoms with Crippen LogP contribution in [0.25, 0.3) is 0 Å². The topological polar surface area (TPSA) is 37.4 Å². The van der Waals surface area contributed by atoms with Gasteiger partial charge in [-0.15, -0.1) is 0 Å². The van der Waals surface area contributed by atoms with Crippen molar-refractivity contribution in [2.24, 2.45) is 0 Å². The summed E-state index contributed by atoms with van der Waals surface area (Å²) in [6, 6.07) is 50.0. The van der Waals surface area contributed by atoms with Gasteiger partial charge in [0.2, 0.25) is 10.0 Å². The minimum Gasteiger partial charge on any atom is -0.207 e. The zero-order valence-corrected chi connectivity index (χ0v) is 26.4. The van der Waals surface area contributed by atoms with E-state index in [2.05, 4.69) is 109 Å². The summed E-state index contributed by atoms with van der Waals surface area (Å²) in [5.74, 6) is 0. The molecule has 5 aromatic carbocycles. The maximum atomic E-state index is 14.7. The van der Waals surface area contributed by atoms with Crippen LogP contribution in [0.2, 0.25) is 0 Å². The Morgan fingerprint density at radius 1 is 0.619 bits per heavy atom. The fourth-order valence-corrected chi connectivity index (χ4v) is 14.9. The first-order chi connectivity index (χ1) is 20.5. The molecule has 0 spiro atoms. The molecule has 1 saturated heterocycles. The van der Waals surface area contributed by atoms with Crippen LogP contribution in [0.15, 0.2) is 150 Å². The molecule has 1 heterocycles. The van der Waals surface area contributed by atoms with E-state index in [4.69, 9.17) is 0 Å². The molecule has 0 radical (unpaired) electrons. The summed E-state index contributed by atoms with van der Waals surface area (Å²) in [4.78, 5) is 0.374. The second-order valence-electron chi connectivity index (χ2n) is 10.7. The Kier molecular flexibility index (Phi) is 8.70. The Hall–Kier alpha value is -3.13. The molecule has 42 heavy (non-hydrogen) atoms. The van der Waals surface area contributed by atoms with Gasteiger partial charge in [-0.2, -0.15) is 4.31 Å². The molecule has 212 valence electrons. The molecular weight excluding hydrogens is 572 g/mol. The zero-order chi connectivity index (χ0) is 29.0. The summed E-state index contributed by atoms with van der Waals surface area (Å²) in [6.45, 7) is 2.51. The highest BCUT2D eigenvalue weighted by Gasteiger charge is 2.54. The van der Waals surface area contributed by atoms with E-state index in [9.17, 15) is 8.42 Å². The highest BCUT2D eigenvalue weighted by atomic mass is 32.2. The van der Waals surface area contributed by atoms with Gasteiger partial charge in [0, 0.05) is 6.54 Å². The van der Waals surface area contributed by atoms with Gasteiger partial charge in [0.05, 0.1) is 10.2 Å². The van der Waals surface area contributed by atoms with Crippen LogP contribution in [-0.2, 0) is 10.0 Å². The van der Waals surface area contributed by atoms with Crippen LogP contribution in [0.1, 0.15) is 18.4 Å². The Labute approximate surface area is 252 Å². The third kappa shape index (κ3) is 5.75. The quantitative estimate of drug-likeness (QED) is 0.174. The molecule has 1 atom stereocenters. The number of benzene rings is 5. The Morgan fingerprint density at radius 2 is 1.05 bits per heavy atom. The average molecular weight is 608 g/mol. The SMILES string of the molecule is Cc1ccc(S(=O)(=O)N2CCCC2(CP(c2ccccc2)c2ccccc2)P(c2ccccc2)c2ccccc2)cc1. The van der Waals surface area contributed by atoms with E-state index < -0.39 is 31.1 Å². The second kappa shape index (κ2) is 12.6. The van der Waals surface area contributed by atoms with Crippen LogP contribution in [-0.4, -0.2) is 30.7 Å². The molecule has 1 fully saturated rings. The van der Waals surface area contributed by atoms with Crippen LogP contribution in [0.5, 0.6) is 0 Å². The van der Waals surface area contributed by atoms with E-state index in [-0.39, 0.29) is 0 Å². The third-order valence-electron chi connectivity index (χ3n) is 8.00. The van der Waals surface area contributed by atoms with Gasteiger partial charge in [0.25, 0.3) is 0 Å². The second-order valence-corrected chi connectivity index (χ2v) is 17.3. The highest BCUT2D eigenvalue weighted by molar-refractivity contribution is 7.90. The standard InChI is InChI=1S/C36H35NO2P2S/c1-30-23-25-35(26-24-30)42(38,39)37-28-14-27-36(37,41(33-19-10-4-11-20-33)34-21-12-5-13-22-34)29-40(31-15-6-2-7-16-31)32-17-8-3-9-18-32/h2-13,15-26H,14,27-29H2,1H3. The number of aryl methyl sites for hydroxylation is 1. The van der Waals surface area contributed by atoms with E-state index in [0.717, 1.165) is 24.6 Å². The molecule has 3 nitrogen and oxygen atoms in total. The van der Waals surface area contributed by atoms with Gasteiger partial charge in [0.15, 0.2) is 0 Å². The van der Waals surface area contributed by atoms with Crippen LogP contribution in [0.4, 0.5) is 0 Å². The highest BCUT2D eigenvalue weighted by Crippen LogP contribution is 2.61. The lowest BCUT2D eigenvalue weighted by Crippen LogP contribution is -2.52. The van der Waals surface area contributed by atoms with E-state index in [1.165, 1.54) is 21.2 Å². The number of nitrogens with zero attached hydrogens (tertiary/aromatic N) is 1. The van der Waals surface area contributed by atoms with Crippen molar-refractivity contribution >= 4 is 47.1 Å². The fraction of sp³-hybridized carbons (Fsp3) is 0.167. The predicted octanol–water partition coefficient (Wildman–Crippen LogP) is 6.74. The lowest BCUT2D eigenvalue weighted by atomic mass is 10.2. The van der Waals surface area contributed by atoms with E-state index in [1.54, 1.807) is 12.1 Å². The molecule has 5 aromatic rings. The monoisotopic (exact) mass is 607 g/mol. The van der Waals surface area contributed by atoms with Crippen molar-refractivity contribution in [2.75, 3.05) is 12.7 Å². The van der Waals surface area contributed by atoms with Gasteiger partial charge in [-0.1, -0.05) is 139 Å². The molecular formula is C36H35NO2P2S. The van der Waals surface area contributed by atoms with Crippen LogP contribution >= 0.6 is 15.8 Å². The molecule has 0 amide bonds. The number of rotatable bonds is 9. The van der Waals surface area contributed by atoms with E-state index in [0.29, 0.717) is 11.4 Å². The van der Waals surface area contributed by atoms with Crippen LogP contribution < -0.4 is 21.2 Å². The molecule has 6 rings (SSSR count). The molecule has 1 aliphatic rings. The maximum Gasteiger partial charge on any atom is 0.243 e. The molecule has 6 heteroatoms. The van der Waals surface area contributed by atoms with Crippen molar-refractivity contribution in [1.29, 1.82) is 0 Å². The van der Waals surface area contributed by atoms with E-state index in [1.807, 2.05) is 35.5 Å². The summed E-state index contributed by atoms with van der Waals surface area (Å²) in [6.07, 6.45) is 2.39. The molecule has 0 bridgehead atoms. The minimum absolute atomic E-state index is 0.374. The van der Waals surface area contributed by atoms with Crippen LogP contribution in [0, 0.1) is 6.92 Å². The normalized spacial score (nSPS) is 17.6. The first-order valence-electron chi connectivity index (χ1n) is 14.4. The van der Waals surface area contributed by atoms with E-state index >= 15 is 0 Å². The van der Waals surface area contributed by atoms with Crippen molar-refractivity contribution in [2.45, 2.75) is 29.9 Å². The third-order valence-corrected chi connectivity index (χ3v) is 16.1. The summed E-state index contributed by atoms with van der Waals surface area (Å²) >= 11 is 0. The Morgan fingerprint density at radius 3 is 1.50 bits per heavy atom. The number of sulfonamides is 1. The largest absolute Gasteiger partial charge is 0.243 e. The average Bonchev–Trinajstić information content (AvgIpc) is 3.47. The lowest BCUT2D eigenvalue weighted by Gasteiger charge is -2.46. The van der Waals surface area contributed by atoms with Gasteiger partial charge in [0.1, 0.15) is 0 Å². The molecule has 0 N–H and O–H groups in total. The van der Waals surface area contributed by atoms with Gasteiger partial charge >= 0.3 is 0 Å². The molecule has 1 aliphatic heterocycles. The summed E-state index contributed by atoms with van der Waals surface area (Å²) in [5.41, 5.74) is 1.05. The zero-order valence-electron chi connectivity index (χ0n) is 23.8. The van der Waals surface area contributed by atoms with Crippen molar-refractivity contribution < 1.29 is 8.42 Å². The summed E-state index contributed by atoms with van der Waals surface area (Å²) in [5, 5.41) is 4.35. The number of hydrogen-bond acceptors (Lipinski definition) is 2. The predicted molar refractivity (Wildman–Crippen MR) is 180 cm³/mol. The van der Waals surface area contributed by atoms with Crippen molar-refractivity contribution in [1.82, 2.24) is 4.31 Å².